The number of halogens is 1. The van der Waals surface area contributed by atoms with Crippen LogP contribution in [0.5, 0.6) is 11.5 Å². The van der Waals surface area contributed by atoms with Crippen molar-refractivity contribution in [1.29, 1.82) is 0 Å². The third-order valence-corrected chi connectivity index (χ3v) is 3.36. The first-order valence-electron chi connectivity index (χ1n) is 5.84. The second-order valence-electron chi connectivity index (χ2n) is 3.90. The lowest BCUT2D eigenvalue weighted by molar-refractivity contribution is 0.373. The smallest absolute Gasteiger partial charge is 0.216 e. The number of H-pyrrole nitrogens is 1. The second-order valence-corrected chi connectivity index (χ2v) is 5.20. The lowest BCUT2D eigenvalue weighted by Crippen LogP contribution is -1.98. The van der Waals surface area contributed by atoms with Crippen LogP contribution in [0.25, 0.3) is 0 Å². The second kappa shape index (κ2) is 6.19. The molecule has 106 valence electrons. The molecule has 1 aromatic heterocycles. The van der Waals surface area contributed by atoms with Crippen molar-refractivity contribution < 1.29 is 9.84 Å². The molecule has 2 N–H and O–H groups in total. The van der Waals surface area contributed by atoms with Crippen molar-refractivity contribution >= 4 is 34.4 Å². The van der Waals surface area contributed by atoms with E-state index in [0.717, 1.165) is 4.47 Å². The van der Waals surface area contributed by atoms with Gasteiger partial charge in [-0.05, 0) is 24.4 Å². The Bertz CT molecular complexity index is 708. The summed E-state index contributed by atoms with van der Waals surface area (Å²) in [4.78, 5) is 0. The summed E-state index contributed by atoms with van der Waals surface area (Å²) in [6.45, 7) is 1.95. The van der Waals surface area contributed by atoms with Crippen LogP contribution in [0.2, 0.25) is 0 Å². The number of hydrogen-bond acceptors (Lipinski definition) is 5. The first kappa shape index (κ1) is 14.7. The zero-order valence-electron chi connectivity index (χ0n) is 10.9. The van der Waals surface area contributed by atoms with Crippen molar-refractivity contribution in [1.82, 2.24) is 14.9 Å². The number of hydrogen-bond donors (Lipinski definition) is 2. The Kier molecular flexibility index (Phi) is 4.56. The van der Waals surface area contributed by atoms with Gasteiger partial charge >= 0.3 is 0 Å². The predicted octanol–water partition coefficient (Wildman–Crippen LogP) is 2.86. The summed E-state index contributed by atoms with van der Waals surface area (Å²) < 4.78 is 7.78. The number of nitrogens with one attached hydrogen (secondary N) is 1. The van der Waals surface area contributed by atoms with Crippen LogP contribution in [0, 0.1) is 4.77 Å². The Morgan fingerprint density at radius 1 is 1.60 bits per heavy atom. The number of methoxy groups -OCH3 is 1. The molecule has 1 aromatic carbocycles. The SMILES string of the molecule is CCc1n[nH]c(=S)n1/N=C\c1cc(Br)cc(OC)c1O. The van der Waals surface area contributed by atoms with Gasteiger partial charge in [0.2, 0.25) is 4.77 Å². The summed E-state index contributed by atoms with van der Waals surface area (Å²) in [5.41, 5.74) is 0.515. The molecule has 0 unspecified atom stereocenters. The van der Waals surface area contributed by atoms with Gasteiger partial charge in [0.1, 0.15) is 0 Å². The van der Waals surface area contributed by atoms with Gasteiger partial charge in [0.15, 0.2) is 17.3 Å². The molecule has 0 amide bonds. The average Bonchev–Trinajstić information content (AvgIpc) is 2.79. The number of aromatic amines is 1. The van der Waals surface area contributed by atoms with Crippen molar-refractivity contribution in [3.8, 4) is 11.5 Å². The van der Waals surface area contributed by atoms with Crippen LogP contribution in [-0.4, -0.2) is 33.3 Å². The topological polar surface area (TPSA) is 75.4 Å². The van der Waals surface area contributed by atoms with E-state index in [-0.39, 0.29) is 5.75 Å². The molecule has 2 aromatic rings. The van der Waals surface area contributed by atoms with Crippen LogP contribution < -0.4 is 4.74 Å². The highest BCUT2D eigenvalue weighted by molar-refractivity contribution is 9.10. The van der Waals surface area contributed by atoms with Gasteiger partial charge in [0, 0.05) is 16.5 Å². The van der Waals surface area contributed by atoms with E-state index >= 15 is 0 Å². The number of aryl methyl sites for hydroxylation is 1. The highest BCUT2D eigenvalue weighted by Gasteiger charge is 2.09. The lowest BCUT2D eigenvalue weighted by atomic mass is 10.2. The van der Waals surface area contributed by atoms with E-state index in [4.69, 9.17) is 17.0 Å². The molecule has 1 heterocycles. The van der Waals surface area contributed by atoms with Crippen LogP contribution in [0.15, 0.2) is 21.7 Å². The van der Waals surface area contributed by atoms with Gasteiger partial charge in [0.05, 0.1) is 13.3 Å². The van der Waals surface area contributed by atoms with E-state index < -0.39 is 0 Å². The van der Waals surface area contributed by atoms with Crippen molar-refractivity contribution in [2.75, 3.05) is 7.11 Å². The minimum absolute atomic E-state index is 0.0208. The summed E-state index contributed by atoms with van der Waals surface area (Å²) in [6, 6.07) is 3.41. The van der Waals surface area contributed by atoms with E-state index in [1.165, 1.54) is 18.0 Å². The molecule has 2 rings (SSSR count). The zero-order chi connectivity index (χ0) is 14.7. The maximum absolute atomic E-state index is 10.0. The molecule has 0 aliphatic heterocycles. The molecule has 0 saturated carbocycles. The molecule has 8 heteroatoms. The summed E-state index contributed by atoms with van der Waals surface area (Å²) in [6.07, 6.45) is 2.20. The molecule has 0 saturated heterocycles. The fraction of sp³-hybridized carbons (Fsp3) is 0.250. The van der Waals surface area contributed by atoms with E-state index in [0.29, 0.717) is 28.3 Å². The molecule has 6 nitrogen and oxygen atoms in total. The van der Waals surface area contributed by atoms with Crippen molar-refractivity contribution in [2.45, 2.75) is 13.3 Å². The molecule has 0 radical (unpaired) electrons. The third-order valence-electron chi connectivity index (χ3n) is 2.64. The quantitative estimate of drug-likeness (QED) is 0.652. The Morgan fingerprint density at radius 3 is 3.00 bits per heavy atom. The highest BCUT2D eigenvalue weighted by atomic mass is 79.9. The summed E-state index contributed by atoms with van der Waals surface area (Å²) >= 11 is 8.45. The number of phenolic OH excluding ortho intramolecular Hbond substituents is 1. The monoisotopic (exact) mass is 356 g/mol. The molecule has 20 heavy (non-hydrogen) atoms. The Labute approximate surface area is 129 Å². The van der Waals surface area contributed by atoms with Gasteiger partial charge in [0.25, 0.3) is 0 Å². The summed E-state index contributed by atoms with van der Waals surface area (Å²) in [5.74, 6) is 1.10. The predicted molar refractivity (Wildman–Crippen MR) is 82.1 cm³/mol. The maximum atomic E-state index is 10.0. The Morgan fingerprint density at radius 2 is 2.35 bits per heavy atom. The van der Waals surface area contributed by atoms with E-state index in [2.05, 4.69) is 31.2 Å². The van der Waals surface area contributed by atoms with Gasteiger partial charge in [-0.3, -0.25) is 5.10 Å². The zero-order valence-corrected chi connectivity index (χ0v) is 13.3. The van der Waals surface area contributed by atoms with Gasteiger partial charge in [-0.15, -0.1) is 0 Å². The Hall–Kier alpha value is -1.67. The van der Waals surface area contributed by atoms with Gasteiger partial charge < -0.3 is 9.84 Å². The van der Waals surface area contributed by atoms with Crippen LogP contribution >= 0.6 is 28.1 Å². The van der Waals surface area contributed by atoms with Crippen LogP contribution in [-0.2, 0) is 6.42 Å². The number of aromatic hydroxyl groups is 1. The van der Waals surface area contributed by atoms with Gasteiger partial charge in [-0.1, -0.05) is 22.9 Å². The van der Waals surface area contributed by atoms with E-state index in [1.807, 2.05) is 6.92 Å². The van der Waals surface area contributed by atoms with Crippen LogP contribution in [0.4, 0.5) is 0 Å². The average molecular weight is 357 g/mol. The fourth-order valence-corrected chi connectivity index (χ4v) is 2.29. The minimum atomic E-state index is 0.0208. The van der Waals surface area contributed by atoms with Crippen LogP contribution in [0.1, 0.15) is 18.3 Å². The van der Waals surface area contributed by atoms with Crippen molar-refractivity contribution in [3.63, 3.8) is 0 Å². The van der Waals surface area contributed by atoms with Gasteiger partial charge in [-0.25, -0.2) is 0 Å². The molecule has 0 aliphatic rings. The standard InChI is InChI=1S/C12H13BrN4O2S/c1-3-10-15-16-12(20)17(10)14-6-7-4-8(13)5-9(19-2)11(7)18/h4-6,18H,3H2,1-2H3,(H,16,20)/b14-6-. The molecule has 0 bridgehead atoms. The van der Waals surface area contributed by atoms with E-state index in [1.54, 1.807) is 12.1 Å². The fourth-order valence-electron chi connectivity index (χ4n) is 1.64. The summed E-state index contributed by atoms with van der Waals surface area (Å²) in [5, 5.41) is 21.0. The lowest BCUT2D eigenvalue weighted by Gasteiger charge is -2.06. The molecule has 0 atom stereocenters. The Balaban J connectivity index is 2.44. The molecular weight excluding hydrogens is 344 g/mol. The minimum Gasteiger partial charge on any atom is -0.504 e. The third kappa shape index (κ3) is 2.91. The number of ether oxygens (including phenoxy) is 1. The number of benzene rings is 1. The molecule has 0 spiro atoms. The molecule has 0 aliphatic carbocycles. The van der Waals surface area contributed by atoms with Gasteiger partial charge in [-0.2, -0.15) is 14.9 Å². The van der Waals surface area contributed by atoms with Crippen LogP contribution in [0.3, 0.4) is 0 Å². The highest BCUT2D eigenvalue weighted by Crippen LogP contribution is 2.32. The number of aromatic nitrogens is 3. The molecular formula is C12H13BrN4O2S. The normalized spacial score (nSPS) is 11.2. The first-order chi connectivity index (χ1) is 9.56. The first-order valence-corrected chi connectivity index (χ1v) is 7.04. The summed E-state index contributed by atoms with van der Waals surface area (Å²) in [7, 11) is 1.49. The maximum Gasteiger partial charge on any atom is 0.216 e. The molecule has 0 fully saturated rings. The number of rotatable bonds is 4. The van der Waals surface area contributed by atoms with Crippen molar-refractivity contribution in [2.24, 2.45) is 5.10 Å². The van der Waals surface area contributed by atoms with E-state index in [9.17, 15) is 5.11 Å². The number of nitrogens with zero attached hydrogens (tertiary/aromatic N) is 3. The number of phenols is 1. The van der Waals surface area contributed by atoms with Crippen molar-refractivity contribution in [3.05, 3.63) is 32.8 Å². The largest absolute Gasteiger partial charge is 0.504 e.